The van der Waals surface area contributed by atoms with Crippen molar-refractivity contribution in [3.63, 3.8) is 0 Å². The van der Waals surface area contributed by atoms with Crippen LogP contribution in [0, 0.1) is 0 Å². The minimum atomic E-state index is -1.31. The molecular weight excluding hydrogens is 358 g/mol. The molecule has 0 spiro atoms. The Morgan fingerprint density at radius 3 is 2.48 bits per heavy atom. The number of carboxylic acid groups (broad SMARTS) is 1. The first-order chi connectivity index (χ1) is 12.5. The Morgan fingerprint density at radius 2 is 1.89 bits per heavy atom. The van der Waals surface area contributed by atoms with Crippen molar-refractivity contribution in [3.8, 4) is 0 Å². The van der Waals surface area contributed by atoms with Crippen LogP contribution in [0.1, 0.15) is 46.5 Å². The van der Waals surface area contributed by atoms with Crippen molar-refractivity contribution in [1.29, 1.82) is 0 Å². The van der Waals surface area contributed by atoms with Gasteiger partial charge in [-0.2, -0.15) is 0 Å². The van der Waals surface area contributed by atoms with Gasteiger partial charge in [-0.3, -0.25) is 29.0 Å². The molecule has 0 aliphatic carbocycles. The van der Waals surface area contributed by atoms with Crippen LogP contribution in [0.25, 0.3) is 0 Å². The molecule has 27 heavy (non-hydrogen) atoms. The number of hydrogen-bond acceptors (Lipinski definition) is 6. The van der Waals surface area contributed by atoms with E-state index >= 15 is 0 Å². The van der Waals surface area contributed by atoms with Gasteiger partial charge in [0.2, 0.25) is 11.8 Å². The quantitative estimate of drug-likeness (QED) is 0.658. The van der Waals surface area contributed by atoms with Crippen LogP contribution < -0.4 is 5.32 Å². The van der Waals surface area contributed by atoms with Crippen molar-refractivity contribution in [3.05, 3.63) is 0 Å². The second kappa shape index (κ2) is 7.93. The molecule has 0 radical (unpaired) electrons. The van der Waals surface area contributed by atoms with E-state index in [2.05, 4.69) is 5.32 Å². The molecule has 0 bridgehead atoms. The Morgan fingerprint density at radius 1 is 1.22 bits per heavy atom. The summed E-state index contributed by atoms with van der Waals surface area (Å²) < 4.78 is 5.31. The van der Waals surface area contributed by atoms with E-state index in [4.69, 9.17) is 9.84 Å². The third-order valence-electron chi connectivity index (χ3n) is 4.31. The molecule has 2 fully saturated rings. The number of nitrogens with zero attached hydrogens (tertiary/aromatic N) is 2. The predicted octanol–water partition coefficient (Wildman–Crippen LogP) is 0.104. The highest BCUT2D eigenvalue weighted by Gasteiger charge is 2.40. The van der Waals surface area contributed by atoms with Gasteiger partial charge in [-0.25, -0.2) is 4.79 Å². The van der Waals surface area contributed by atoms with E-state index in [1.165, 1.54) is 4.90 Å². The second-order valence-corrected chi connectivity index (χ2v) is 7.64. The molecule has 2 N–H and O–H groups in total. The number of piperidine rings is 1. The van der Waals surface area contributed by atoms with Crippen LogP contribution >= 0.6 is 0 Å². The molecule has 2 aliphatic rings. The van der Waals surface area contributed by atoms with E-state index in [9.17, 15) is 24.0 Å². The fourth-order valence-electron chi connectivity index (χ4n) is 3.12. The van der Waals surface area contributed by atoms with Gasteiger partial charge in [0.1, 0.15) is 24.2 Å². The molecule has 4 amide bonds. The number of carboxylic acids is 1. The van der Waals surface area contributed by atoms with Crippen LogP contribution in [-0.2, 0) is 23.9 Å². The highest BCUT2D eigenvalue weighted by molar-refractivity contribution is 6.04. The van der Waals surface area contributed by atoms with Crippen LogP contribution in [-0.4, -0.2) is 75.5 Å². The number of likely N-dealkylation sites (tertiary alicyclic amines) is 2. The summed E-state index contributed by atoms with van der Waals surface area (Å²) in [5.74, 6) is -3.15. The van der Waals surface area contributed by atoms with Crippen LogP contribution in [0.4, 0.5) is 4.79 Å². The molecule has 2 atom stereocenters. The molecule has 10 heteroatoms. The number of carbonyl (C=O) groups excluding carboxylic acids is 4. The maximum Gasteiger partial charge on any atom is 0.410 e. The molecular formula is C17H25N3O7. The highest BCUT2D eigenvalue weighted by atomic mass is 16.6. The van der Waals surface area contributed by atoms with Gasteiger partial charge in [0.15, 0.2) is 0 Å². The summed E-state index contributed by atoms with van der Waals surface area (Å²) in [7, 11) is 0. The number of aliphatic carboxylic acids is 1. The van der Waals surface area contributed by atoms with Gasteiger partial charge in [-0.05, 0) is 40.0 Å². The van der Waals surface area contributed by atoms with E-state index in [0.717, 1.165) is 0 Å². The van der Waals surface area contributed by atoms with Crippen LogP contribution in [0.3, 0.4) is 0 Å². The summed E-state index contributed by atoms with van der Waals surface area (Å²) in [6, 6.07) is -1.76. The first-order valence-corrected chi connectivity index (χ1v) is 8.85. The summed E-state index contributed by atoms with van der Waals surface area (Å²) in [5, 5.41) is 11.4. The summed E-state index contributed by atoms with van der Waals surface area (Å²) in [5.41, 5.74) is -0.697. The maximum absolute atomic E-state index is 12.6. The number of imide groups is 1. The van der Waals surface area contributed by atoms with Crippen molar-refractivity contribution in [2.45, 2.75) is 64.1 Å². The number of carbonyl (C=O) groups is 5. The minimum absolute atomic E-state index is 0.0373. The fourth-order valence-corrected chi connectivity index (χ4v) is 3.12. The molecule has 2 rings (SSSR count). The highest BCUT2D eigenvalue weighted by Crippen LogP contribution is 2.22. The Bertz CT molecular complexity index is 655. The van der Waals surface area contributed by atoms with Gasteiger partial charge in [0, 0.05) is 13.0 Å². The lowest BCUT2D eigenvalue weighted by atomic mass is 10.0. The molecule has 0 aromatic rings. The van der Waals surface area contributed by atoms with Crippen molar-refractivity contribution in [1.82, 2.24) is 15.1 Å². The average Bonchev–Trinajstić information content (AvgIpc) is 3.02. The van der Waals surface area contributed by atoms with Gasteiger partial charge in [-0.1, -0.05) is 0 Å². The Labute approximate surface area is 156 Å². The second-order valence-electron chi connectivity index (χ2n) is 7.64. The van der Waals surface area contributed by atoms with Gasteiger partial charge in [0.05, 0.1) is 0 Å². The van der Waals surface area contributed by atoms with Gasteiger partial charge in [-0.15, -0.1) is 0 Å². The van der Waals surface area contributed by atoms with Crippen molar-refractivity contribution >= 4 is 29.8 Å². The fraction of sp³-hybridized carbons (Fsp3) is 0.706. The smallest absolute Gasteiger partial charge is 0.410 e. The maximum atomic E-state index is 12.6. The van der Waals surface area contributed by atoms with Crippen LogP contribution in [0.5, 0.6) is 0 Å². The first-order valence-electron chi connectivity index (χ1n) is 8.85. The lowest BCUT2D eigenvalue weighted by Gasteiger charge is -2.32. The summed E-state index contributed by atoms with van der Waals surface area (Å²) >= 11 is 0. The van der Waals surface area contributed by atoms with E-state index in [-0.39, 0.29) is 12.8 Å². The standard InChI is InChI=1S/C17H25N3O7/c1-17(2,3)27-16(26)19-8-4-5-11(19)14(24)18-10-6-7-12(21)20(15(10)25)9-13(22)23/h10-11H,4-9H2,1-3H3,(H,18,24)(H,22,23)/t10-,11-/m0/s1. The summed E-state index contributed by atoms with van der Waals surface area (Å²) in [6.07, 6.45) is 0.518. The lowest BCUT2D eigenvalue weighted by molar-refractivity contribution is -0.157. The van der Waals surface area contributed by atoms with E-state index in [1.807, 2.05) is 0 Å². The number of rotatable bonds is 4. The van der Waals surface area contributed by atoms with Crippen molar-refractivity contribution < 1.29 is 33.8 Å². The minimum Gasteiger partial charge on any atom is -0.480 e. The molecule has 2 saturated heterocycles. The van der Waals surface area contributed by atoms with Crippen molar-refractivity contribution in [2.24, 2.45) is 0 Å². The molecule has 2 heterocycles. The molecule has 150 valence electrons. The Kier molecular flexibility index (Phi) is 6.07. The zero-order chi connectivity index (χ0) is 20.4. The zero-order valence-corrected chi connectivity index (χ0v) is 15.7. The number of amides is 4. The van der Waals surface area contributed by atoms with Crippen LogP contribution in [0.15, 0.2) is 0 Å². The summed E-state index contributed by atoms with van der Waals surface area (Å²) in [4.78, 5) is 61.8. The Hall–Kier alpha value is -2.65. The van der Waals surface area contributed by atoms with Gasteiger partial charge < -0.3 is 15.2 Å². The monoisotopic (exact) mass is 383 g/mol. The summed E-state index contributed by atoms with van der Waals surface area (Å²) in [6.45, 7) is 4.81. The number of hydrogen-bond donors (Lipinski definition) is 2. The number of ether oxygens (including phenoxy) is 1. The third kappa shape index (κ3) is 5.18. The van der Waals surface area contributed by atoms with E-state index < -0.39 is 54.0 Å². The number of nitrogens with one attached hydrogen (secondary N) is 1. The largest absolute Gasteiger partial charge is 0.480 e. The topological polar surface area (TPSA) is 133 Å². The predicted molar refractivity (Wildman–Crippen MR) is 91.5 cm³/mol. The van der Waals surface area contributed by atoms with Gasteiger partial charge in [0.25, 0.3) is 5.91 Å². The molecule has 0 saturated carbocycles. The van der Waals surface area contributed by atoms with Crippen molar-refractivity contribution in [2.75, 3.05) is 13.1 Å². The van der Waals surface area contributed by atoms with Gasteiger partial charge >= 0.3 is 12.1 Å². The zero-order valence-electron chi connectivity index (χ0n) is 15.7. The SMILES string of the molecule is CC(C)(C)OC(=O)N1CCC[C@H]1C(=O)N[C@H]1CCC(=O)N(CC(=O)O)C1=O. The molecule has 0 unspecified atom stereocenters. The molecule has 0 aromatic heterocycles. The van der Waals surface area contributed by atoms with E-state index in [0.29, 0.717) is 24.3 Å². The lowest BCUT2D eigenvalue weighted by Crippen LogP contribution is -2.58. The molecule has 2 aliphatic heterocycles. The normalized spacial score (nSPS) is 23.4. The molecule has 10 nitrogen and oxygen atoms in total. The molecule has 0 aromatic carbocycles. The first kappa shape index (κ1) is 20.7. The Balaban J connectivity index is 2.03. The van der Waals surface area contributed by atoms with Crippen LogP contribution in [0.2, 0.25) is 0 Å². The third-order valence-corrected chi connectivity index (χ3v) is 4.31. The average molecular weight is 383 g/mol. The van der Waals surface area contributed by atoms with E-state index in [1.54, 1.807) is 20.8 Å².